The molecule has 2 aromatic carbocycles. The average molecular weight is 498 g/mol. The van der Waals surface area contributed by atoms with Crippen molar-refractivity contribution in [3.05, 3.63) is 70.8 Å². The van der Waals surface area contributed by atoms with Crippen LogP contribution in [0.1, 0.15) is 61.5 Å². The molecule has 0 fully saturated rings. The predicted molar refractivity (Wildman–Crippen MR) is 133 cm³/mol. The van der Waals surface area contributed by atoms with Crippen LogP contribution in [-0.2, 0) is 27.2 Å². The SMILES string of the molecule is CCOP(=O)(OCC)C(NC(c1cccc(C)c1)P(=O)(OCC)OCC)c1cccc(C)c1. The predicted octanol–water partition coefficient (Wildman–Crippen LogP) is 7.12. The molecule has 2 aromatic rings. The maximum Gasteiger partial charge on any atom is 0.351 e. The highest BCUT2D eigenvalue weighted by atomic mass is 31.2. The summed E-state index contributed by atoms with van der Waals surface area (Å²) in [6, 6.07) is 15.2. The van der Waals surface area contributed by atoms with Gasteiger partial charge < -0.3 is 18.1 Å². The molecule has 9 heteroatoms. The van der Waals surface area contributed by atoms with E-state index in [-0.39, 0.29) is 26.4 Å². The van der Waals surface area contributed by atoms with Gasteiger partial charge in [0, 0.05) is 0 Å². The lowest BCUT2D eigenvalue weighted by atomic mass is 10.1. The summed E-state index contributed by atoms with van der Waals surface area (Å²) in [5.74, 6) is -1.78. The smallest absolute Gasteiger partial charge is 0.308 e. The van der Waals surface area contributed by atoms with Gasteiger partial charge in [0.1, 0.15) is 11.6 Å². The van der Waals surface area contributed by atoms with Crippen molar-refractivity contribution in [2.75, 3.05) is 26.4 Å². The van der Waals surface area contributed by atoms with E-state index < -0.39 is 26.8 Å². The molecular weight excluding hydrogens is 460 g/mol. The van der Waals surface area contributed by atoms with Crippen molar-refractivity contribution in [3.63, 3.8) is 0 Å². The van der Waals surface area contributed by atoms with Crippen molar-refractivity contribution in [1.29, 1.82) is 0 Å². The topological polar surface area (TPSA) is 83.1 Å². The third kappa shape index (κ3) is 7.34. The summed E-state index contributed by atoms with van der Waals surface area (Å²) >= 11 is 0. The first kappa shape index (κ1) is 27.9. The van der Waals surface area contributed by atoms with Crippen molar-refractivity contribution in [2.24, 2.45) is 0 Å². The molecule has 0 aliphatic carbocycles. The molecule has 0 saturated carbocycles. The molecule has 33 heavy (non-hydrogen) atoms. The summed E-state index contributed by atoms with van der Waals surface area (Å²) in [7, 11) is -7.42. The largest absolute Gasteiger partial charge is 0.351 e. The third-order valence-electron chi connectivity index (χ3n) is 4.90. The maximum absolute atomic E-state index is 14.0. The first-order valence-electron chi connectivity index (χ1n) is 11.4. The van der Waals surface area contributed by atoms with Gasteiger partial charge in [-0.3, -0.25) is 14.4 Å². The van der Waals surface area contributed by atoms with E-state index >= 15 is 0 Å². The Kier molecular flexibility index (Phi) is 11.0. The molecule has 184 valence electrons. The summed E-state index contributed by atoms with van der Waals surface area (Å²) < 4.78 is 50.9. The quantitative estimate of drug-likeness (QED) is 0.278. The average Bonchev–Trinajstić information content (AvgIpc) is 2.74. The minimum Gasteiger partial charge on any atom is -0.308 e. The Labute approximate surface area is 198 Å². The van der Waals surface area contributed by atoms with Gasteiger partial charge in [-0.1, -0.05) is 59.7 Å². The van der Waals surface area contributed by atoms with E-state index in [1.807, 2.05) is 62.4 Å². The molecule has 7 nitrogen and oxygen atoms in total. The van der Waals surface area contributed by atoms with E-state index in [9.17, 15) is 9.13 Å². The van der Waals surface area contributed by atoms with Crippen molar-refractivity contribution in [1.82, 2.24) is 5.32 Å². The van der Waals surface area contributed by atoms with Crippen LogP contribution in [0.25, 0.3) is 0 Å². The first-order valence-corrected chi connectivity index (χ1v) is 14.6. The van der Waals surface area contributed by atoms with Crippen LogP contribution in [0.15, 0.2) is 48.5 Å². The highest BCUT2D eigenvalue weighted by Gasteiger charge is 2.44. The van der Waals surface area contributed by atoms with Crippen LogP contribution < -0.4 is 5.32 Å². The van der Waals surface area contributed by atoms with E-state index in [0.717, 1.165) is 11.1 Å². The van der Waals surface area contributed by atoms with Crippen molar-refractivity contribution < 1.29 is 27.2 Å². The van der Waals surface area contributed by atoms with Gasteiger partial charge in [0.2, 0.25) is 0 Å². The van der Waals surface area contributed by atoms with Gasteiger partial charge in [-0.05, 0) is 52.7 Å². The molecule has 0 radical (unpaired) electrons. The standard InChI is InChI=1S/C24H37NO6P2/c1-7-28-32(26,29-8-2)23(21-15-11-13-19(5)17-21)25-24(22-16-12-14-20(6)18-22)33(27,30-9-3)31-10-4/h11-18,23-25H,7-10H2,1-6H3. The van der Waals surface area contributed by atoms with E-state index in [0.29, 0.717) is 11.1 Å². The maximum atomic E-state index is 14.0. The molecule has 0 heterocycles. The number of nitrogens with one attached hydrogen (secondary N) is 1. The Morgan fingerprint density at radius 1 is 0.667 bits per heavy atom. The molecule has 0 amide bonds. The van der Waals surface area contributed by atoms with Crippen molar-refractivity contribution in [2.45, 2.75) is 53.1 Å². The van der Waals surface area contributed by atoms with E-state index in [1.165, 1.54) is 0 Å². The Morgan fingerprint density at radius 2 is 1.00 bits per heavy atom. The molecule has 0 aliphatic rings. The monoisotopic (exact) mass is 497 g/mol. The minimum atomic E-state index is -3.71. The Hall–Kier alpha value is -1.30. The lowest BCUT2D eigenvalue weighted by Gasteiger charge is -2.34. The fourth-order valence-corrected chi connectivity index (χ4v) is 7.68. The number of hydrogen-bond donors (Lipinski definition) is 1. The molecule has 0 aliphatic heterocycles. The van der Waals surface area contributed by atoms with Crippen LogP contribution in [0.3, 0.4) is 0 Å². The summed E-state index contributed by atoms with van der Waals surface area (Å²) in [5, 5.41) is 3.34. The zero-order chi connectivity index (χ0) is 24.5. The van der Waals surface area contributed by atoms with E-state index in [1.54, 1.807) is 27.7 Å². The van der Waals surface area contributed by atoms with Crippen LogP contribution in [0.5, 0.6) is 0 Å². The normalized spacial score (nSPS) is 14.2. The van der Waals surface area contributed by atoms with Gasteiger partial charge in [-0.25, -0.2) is 0 Å². The van der Waals surface area contributed by atoms with Gasteiger partial charge in [-0.2, -0.15) is 0 Å². The van der Waals surface area contributed by atoms with Crippen molar-refractivity contribution >= 4 is 15.2 Å². The minimum absolute atomic E-state index is 0.199. The third-order valence-corrected chi connectivity index (χ3v) is 9.53. The first-order chi connectivity index (χ1) is 15.7. The van der Waals surface area contributed by atoms with Gasteiger partial charge in [0.15, 0.2) is 0 Å². The zero-order valence-corrected chi connectivity index (χ0v) is 22.2. The molecule has 0 saturated heterocycles. The summed E-state index contributed by atoms with van der Waals surface area (Å²) in [5.41, 5.74) is 3.39. The lowest BCUT2D eigenvalue weighted by Crippen LogP contribution is -2.29. The Balaban J connectivity index is 2.70. The van der Waals surface area contributed by atoms with Crippen LogP contribution >= 0.6 is 15.2 Å². The van der Waals surface area contributed by atoms with Crippen LogP contribution in [0.2, 0.25) is 0 Å². The van der Waals surface area contributed by atoms with Crippen LogP contribution in [0.4, 0.5) is 0 Å². The Bertz CT molecular complexity index is 885. The summed E-state index contributed by atoms with van der Waals surface area (Å²) in [4.78, 5) is 0. The van der Waals surface area contributed by atoms with E-state index in [4.69, 9.17) is 18.1 Å². The Morgan fingerprint density at radius 3 is 1.27 bits per heavy atom. The van der Waals surface area contributed by atoms with Crippen LogP contribution in [-0.4, -0.2) is 26.4 Å². The second-order valence-corrected chi connectivity index (χ2v) is 11.8. The highest BCUT2D eigenvalue weighted by molar-refractivity contribution is 7.55. The number of benzene rings is 2. The molecule has 0 bridgehead atoms. The number of aryl methyl sites for hydroxylation is 2. The highest BCUT2D eigenvalue weighted by Crippen LogP contribution is 2.65. The molecular formula is C24H37NO6P2. The van der Waals surface area contributed by atoms with Crippen LogP contribution in [0, 0.1) is 13.8 Å². The molecule has 2 rings (SSSR count). The fraction of sp³-hybridized carbons (Fsp3) is 0.500. The lowest BCUT2D eigenvalue weighted by molar-refractivity contribution is 0.196. The van der Waals surface area contributed by atoms with Gasteiger partial charge >= 0.3 is 15.2 Å². The van der Waals surface area contributed by atoms with Gasteiger partial charge in [0.05, 0.1) is 26.4 Å². The molecule has 2 unspecified atom stereocenters. The molecule has 2 atom stereocenters. The number of rotatable bonds is 14. The van der Waals surface area contributed by atoms with Gasteiger partial charge in [0.25, 0.3) is 0 Å². The zero-order valence-electron chi connectivity index (χ0n) is 20.4. The second kappa shape index (κ2) is 13.0. The second-order valence-electron chi connectivity index (χ2n) is 7.55. The van der Waals surface area contributed by atoms with E-state index in [2.05, 4.69) is 5.32 Å². The molecule has 0 aromatic heterocycles. The van der Waals surface area contributed by atoms with Gasteiger partial charge in [-0.15, -0.1) is 0 Å². The van der Waals surface area contributed by atoms with Crippen molar-refractivity contribution in [3.8, 4) is 0 Å². The molecule has 1 N–H and O–H groups in total. The number of hydrogen-bond acceptors (Lipinski definition) is 7. The molecule has 0 spiro atoms. The summed E-state index contributed by atoms with van der Waals surface area (Å²) in [6.45, 7) is 11.8. The summed E-state index contributed by atoms with van der Waals surface area (Å²) in [6.07, 6.45) is 0. The fourth-order valence-electron chi connectivity index (χ4n) is 3.66.